The van der Waals surface area contributed by atoms with E-state index in [-0.39, 0.29) is 5.82 Å². The van der Waals surface area contributed by atoms with Crippen LogP contribution in [0.2, 0.25) is 5.15 Å². The summed E-state index contributed by atoms with van der Waals surface area (Å²) >= 11 is 7.15. The van der Waals surface area contributed by atoms with E-state index in [1.165, 1.54) is 23.9 Å². The van der Waals surface area contributed by atoms with E-state index >= 15 is 0 Å². The summed E-state index contributed by atoms with van der Waals surface area (Å²) in [6.07, 6.45) is 1.70. The Hall–Kier alpha value is -1.72. The zero-order valence-electron chi connectivity index (χ0n) is 10.3. The Bertz CT molecular complexity index is 749. The molecule has 2 aromatic heterocycles. The summed E-state index contributed by atoms with van der Waals surface area (Å²) in [4.78, 5) is 4.31. The fraction of sp³-hybridized carbons (Fsp3) is 0.0714. The summed E-state index contributed by atoms with van der Waals surface area (Å²) in [5.41, 5.74) is 1.64. The number of benzene rings is 1. The average molecular weight is 306 g/mol. The molecule has 1 aromatic carbocycles. The first kappa shape index (κ1) is 13.3. The van der Waals surface area contributed by atoms with E-state index in [4.69, 9.17) is 11.6 Å². The van der Waals surface area contributed by atoms with Crippen LogP contribution in [0.3, 0.4) is 0 Å². The van der Waals surface area contributed by atoms with Crippen molar-refractivity contribution in [2.75, 3.05) is 0 Å². The van der Waals surface area contributed by atoms with Crippen molar-refractivity contribution in [1.29, 1.82) is 0 Å². The number of hydrogen-bond donors (Lipinski definition) is 0. The lowest BCUT2D eigenvalue weighted by Crippen LogP contribution is -1.91. The molecule has 0 aliphatic carbocycles. The van der Waals surface area contributed by atoms with Crippen LogP contribution in [0.1, 0.15) is 5.56 Å². The fourth-order valence-corrected chi connectivity index (χ4v) is 2.76. The van der Waals surface area contributed by atoms with Crippen molar-refractivity contribution in [3.8, 4) is 0 Å². The van der Waals surface area contributed by atoms with Crippen LogP contribution in [0.25, 0.3) is 10.9 Å². The Kier molecular flexibility index (Phi) is 3.80. The predicted molar refractivity (Wildman–Crippen MR) is 78.3 cm³/mol. The number of hydrogen-bond acceptors (Lipinski definition) is 4. The molecule has 100 valence electrons. The van der Waals surface area contributed by atoms with Crippen molar-refractivity contribution in [3.63, 3.8) is 0 Å². The van der Waals surface area contributed by atoms with Crippen LogP contribution in [0.4, 0.5) is 4.39 Å². The Labute approximate surface area is 124 Å². The topological polar surface area (TPSA) is 38.7 Å². The molecule has 0 amide bonds. The van der Waals surface area contributed by atoms with E-state index in [0.29, 0.717) is 10.9 Å². The van der Waals surface area contributed by atoms with E-state index in [2.05, 4.69) is 15.2 Å². The molecule has 2 heterocycles. The highest BCUT2D eigenvalue weighted by Crippen LogP contribution is 2.26. The van der Waals surface area contributed by atoms with Gasteiger partial charge in [0.2, 0.25) is 0 Å². The second kappa shape index (κ2) is 5.73. The zero-order chi connectivity index (χ0) is 13.9. The molecule has 6 heteroatoms. The minimum absolute atomic E-state index is 0.261. The molecule has 0 spiro atoms. The van der Waals surface area contributed by atoms with Crippen molar-refractivity contribution in [2.45, 2.75) is 10.8 Å². The van der Waals surface area contributed by atoms with Crippen LogP contribution in [0.15, 0.2) is 47.6 Å². The Morgan fingerprint density at radius 2 is 2.05 bits per heavy atom. The third kappa shape index (κ3) is 2.89. The highest BCUT2D eigenvalue weighted by molar-refractivity contribution is 7.98. The Morgan fingerprint density at radius 1 is 1.15 bits per heavy atom. The first-order valence-corrected chi connectivity index (χ1v) is 7.24. The molecule has 3 aromatic rings. The number of aromatic nitrogens is 3. The van der Waals surface area contributed by atoms with Gasteiger partial charge in [0, 0.05) is 17.3 Å². The van der Waals surface area contributed by atoms with Crippen molar-refractivity contribution < 1.29 is 4.39 Å². The molecule has 0 radical (unpaired) electrons. The van der Waals surface area contributed by atoms with Crippen molar-refractivity contribution in [3.05, 3.63) is 59.1 Å². The van der Waals surface area contributed by atoms with Crippen LogP contribution in [0, 0.1) is 5.82 Å². The number of fused-ring (bicyclic) bond motifs is 1. The molecule has 3 rings (SSSR count). The van der Waals surface area contributed by atoms with Gasteiger partial charge in [-0.2, -0.15) is 0 Å². The molecule has 0 unspecified atom stereocenters. The summed E-state index contributed by atoms with van der Waals surface area (Å²) in [5.74, 6) is 0.310. The molecule has 0 saturated carbocycles. The van der Waals surface area contributed by atoms with Gasteiger partial charge in [-0.25, -0.2) is 4.39 Å². The number of thioether (sulfide) groups is 1. The zero-order valence-corrected chi connectivity index (χ0v) is 11.8. The minimum Gasteiger partial charge on any atom is -0.256 e. The van der Waals surface area contributed by atoms with Crippen LogP contribution < -0.4 is 0 Å². The molecule has 0 fully saturated rings. The molecule has 0 aliphatic heterocycles. The average Bonchev–Trinajstić information content (AvgIpc) is 2.46. The maximum absolute atomic E-state index is 13.6. The molecular formula is C14H9ClFN3S. The lowest BCUT2D eigenvalue weighted by Gasteiger charge is -2.05. The Balaban J connectivity index is 1.88. The monoisotopic (exact) mass is 305 g/mol. The lowest BCUT2D eigenvalue weighted by atomic mass is 10.1. The van der Waals surface area contributed by atoms with Crippen molar-refractivity contribution in [2.24, 2.45) is 0 Å². The van der Waals surface area contributed by atoms with Crippen LogP contribution in [0.5, 0.6) is 0 Å². The molecule has 3 nitrogen and oxygen atoms in total. The first-order chi connectivity index (χ1) is 9.72. The molecule has 0 atom stereocenters. The smallest absolute Gasteiger partial charge is 0.151 e. The van der Waals surface area contributed by atoms with Crippen LogP contribution in [-0.4, -0.2) is 15.2 Å². The van der Waals surface area contributed by atoms with E-state index in [1.807, 2.05) is 6.07 Å². The fourth-order valence-electron chi connectivity index (χ4n) is 1.87. The normalized spacial score (nSPS) is 10.9. The first-order valence-electron chi connectivity index (χ1n) is 5.87. The number of pyridine rings is 1. The molecule has 0 bridgehead atoms. The van der Waals surface area contributed by atoms with Crippen LogP contribution >= 0.6 is 23.4 Å². The second-order valence-corrected chi connectivity index (χ2v) is 5.51. The summed E-state index contributed by atoms with van der Waals surface area (Å²) in [5, 5.41) is 9.63. The highest BCUT2D eigenvalue weighted by atomic mass is 35.5. The maximum atomic E-state index is 13.6. The maximum Gasteiger partial charge on any atom is 0.151 e. The number of halogens is 2. The van der Waals surface area contributed by atoms with Crippen LogP contribution in [-0.2, 0) is 5.75 Å². The quantitative estimate of drug-likeness (QED) is 0.683. The van der Waals surface area contributed by atoms with Gasteiger partial charge in [-0.1, -0.05) is 29.4 Å². The molecule has 0 N–H and O–H groups in total. The van der Waals surface area contributed by atoms with Gasteiger partial charge >= 0.3 is 0 Å². The van der Waals surface area contributed by atoms with Crippen molar-refractivity contribution >= 4 is 34.3 Å². The lowest BCUT2D eigenvalue weighted by molar-refractivity contribution is 0.628. The summed E-state index contributed by atoms with van der Waals surface area (Å²) < 4.78 is 13.6. The van der Waals surface area contributed by atoms with Gasteiger partial charge in [0.15, 0.2) is 5.15 Å². The summed E-state index contributed by atoms with van der Waals surface area (Å²) in [6.45, 7) is 0. The largest absolute Gasteiger partial charge is 0.256 e. The van der Waals surface area contributed by atoms with Crippen molar-refractivity contribution in [1.82, 2.24) is 15.2 Å². The van der Waals surface area contributed by atoms with Gasteiger partial charge in [0.1, 0.15) is 10.8 Å². The molecule has 0 aliphatic rings. The number of nitrogens with zero attached hydrogens (tertiary/aromatic N) is 3. The summed E-state index contributed by atoms with van der Waals surface area (Å²) in [6, 6.07) is 10.1. The third-order valence-electron chi connectivity index (χ3n) is 2.73. The van der Waals surface area contributed by atoms with Gasteiger partial charge < -0.3 is 0 Å². The third-order valence-corrected chi connectivity index (χ3v) is 3.90. The molecule has 20 heavy (non-hydrogen) atoms. The second-order valence-electron chi connectivity index (χ2n) is 4.12. The van der Waals surface area contributed by atoms with Gasteiger partial charge in [-0.15, -0.1) is 10.2 Å². The van der Waals surface area contributed by atoms with E-state index in [9.17, 15) is 4.39 Å². The van der Waals surface area contributed by atoms with Gasteiger partial charge in [-0.3, -0.25) is 4.98 Å². The van der Waals surface area contributed by atoms with Gasteiger partial charge in [0.05, 0.1) is 5.52 Å². The Morgan fingerprint density at radius 3 is 2.85 bits per heavy atom. The SMILES string of the molecule is Fc1cc(CSc2ccc(Cl)nn2)c2ncccc2c1. The molecular weight excluding hydrogens is 297 g/mol. The van der Waals surface area contributed by atoms with E-state index in [1.54, 1.807) is 24.4 Å². The van der Waals surface area contributed by atoms with Gasteiger partial charge in [0.25, 0.3) is 0 Å². The van der Waals surface area contributed by atoms with Gasteiger partial charge in [-0.05, 0) is 35.9 Å². The predicted octanol–water partition coefficient (Wildman–Crippen LogP) is 4.11. The van der Waals surface area contributed by atoms with E-state index < -0.39 is 0 Å². The summed E-state index contributed by atoms with van der Waals surface area (Å²) in [7, 11) is 0. The highest BCUT2D eigenvalue weighted by Gasteiger charge is 2.07. The van der Waals surface area contributed by atoms with E-state index in [0.717, 1.165) is 21.5 Å². The standard InChI is InChI=1S/C14H9ClFN3S/c15-12-3-4-13(19-18-12)20-8-10-7-11(16)6-9-2-1-5-17-14(9)10/h1-7H,8H2. The minimum atomic E-state index is -0.261. The number of rotatable bonds is 3. The molecule has 0 saturated heterocycles.